The molecule has 0 amide bonds. The minimum absolute atomic E-state index is 0.241. The third kappa shape index (κ3) is 4.82. The highest BCUT2D eigenvalue weighted by Crippen LogP contribution is 2.32. The third-order valence-corrected chi connectivity index (χ3v) is 3.42. The Labute approximate surface area is 142 Å². The molecule has 0 saturated carbocycles. The van der Waals surface area contributed by atoms with E-state index in [2.05, 4.69) is 5.32 Å². The molecule has 2 aromatic rings. The summed E-state index contributed by atoms with van der Waals surface area (Å²) in [6.45, 7) is 0. The first kappa shape index (κ1) is 18.5. The largest absolute Gasteiger partial charge is 0.419 e. The van der Waals surface area contributed by atoms with Crippen LogP contribution in [0, 0.1) is 5.82 Å². The van der Waals surface area contributed by atoms with Gasteiger partial charge in [0, 0.05) is 43.3 Å². The number of anilines is 2. The summed E-state index contributed by atoms with van der Waals surface area (Å²) in [5.74, 6) is -2.07. The van der Waals surface area contributed by atoms with E-state index < -0.39 is 23.3 Å². The quantitative estimate of drug-likeness (QED) is 0.481. The van der Waals surface area contributed by atoms with Crippen molar-refractivity contribution in [1.29, 1.82) is 0 Å². The van der Waals surface area contributed by atoms with Crippen molar-refractivity contribution in [2.75, 3.05) is 24.3 Å². The van der Waals surface area contributed by atoms with Gasteiger partial charge < -0.3 is 10.2 Å². The smallest absolute Gasteiger partial charge is 0.378 e. The number of alkyl halides is 3. The number of benzene rings is 2. The van der Waals surface area contributed by atoms with Crippen LogP contribution in [0.25, 0.3) is 0 Å². The van der Waals surface area contributed by atoms with Crippen molar-refractivity contribution in [1.82, 2.24) is 0 Å². The summed E-state index contributed by atoms with van der Waals surface area (Å²) in [5, 5.41) is 2.85. The number of hydrogen-bond acceptors (Lipinski definition) is 3. The van der Waals surface area contributed by atoms with Crippen LogP contribution in [0.1, 0.15) is 15.9 Å². The molecule has 0 bridgehead atoms. The maximum atomic E-state index is 13.2. The number of carbonyl (C=O) groups excluding carboxylic acids is 1. The Balaban J connectivity index is 2.08. The van der Waals surface area contributed by atoms with E-state index in [4.69, 9.17) is 0 Å². The molecule has 0 saturated heterocycles. The highest BCUT2D eigenvalue weighted by atomic mass is 19.4. The van der Waals surface area contributed by atoms with Gasteiger partial charge in [0.2, 0.25) is 0 Å². The van der Waals surface area contributed by atoms with E-state index in [0.717, 1.165) is 17.8 Å². The molecule has 0 aliphatic carbocycles. The van der Waals surface area contributed by atoms with Crippen LogP contribution in [0.3, 0.4) is 0 Å². The fourth-order valence-electron chi connectivity index (χ4n) is 2.06. The fraction of sp³-hybridized carbons (Fsp3) is 0.167. The molecule has 0 fully saturated rings. The van der Waals surface area contributed by atoms with Crippen molar-refractivity contribution < 1.29 is 22.4 Å². The second-order valence-corrected chi connectivity index (χ2v) is 5.48. The number of ketones is 1. The first-order valence-corrected chi connectivity index (χ1v) is 7.30. The standard InChI is InChI=1S/C18H16F4N2O/c1-24(2)14-6-4-13(5-7-14)23-10-9-17(25)12-3-8-16(19)15(11-12)18(20,21)22/h3-11,23H,1-2H3/i19-1. The normalized spacial score (nSPS) is 11.6. The third-order valence-electron chi connectivity index (χ3n) is 3.42. The van der Waals surface area contributed by atoms with Gasteiger partial charge in [-0.1, -0.05) is 0 Å². The highest BCUT2D eigenvalue weighted by molar-refractivity contribution is 6.04. The highest BCUT2D eigenvalue weighted by Gasteiger charge is 2.34. The summed E-state index contributed by atoms with van der Waals surface area (Å²) in [4.78, 5) is 13.9. The molecular weight excluding hydrogens is 335 g/mol. The van der Waals surface area contributed by atoms with E-state index >= 15 is 0 Å². The van der Waals surface area contributed by atoms with Crippen molar-refractivity contribution in [3.63, 3.8) is 0 Å². The van der Waals surface area contributed by atoms with E-state index in [1.807, 2.05) is 31.1 Å². The first-order chi connectivity index (χ1) is 11.7. The Morgan fingerprint density at radius 1 is 1.08 bits per heavy atom. The van der Waals surface area contributed by atoms with Crippen LogP contribution in [0.2, 0.25) is 0 Å². The zero-order valence-electron chi connectivity index (χ0n) is 13.6. The van der Waals surface area contributed by atoms with Crippen LogP contribution >= 0.6 is 0 Å². The Hall–Kier alpha value is -2.83. The second-order valence-electron chi connectivity index (χ2n) is 5.48. The first-order valence-electron chi connectivity index (χ1n) is 7.30. The van der Waals surface area contributed by atoms with Gasteiger partial charge in [0.15, 0.2) is 5.78 Å². The lowest BCUT2D eigenvalue weighted by atomic mass is 10.1. The number of carbonyl (C=O) groups is 1. The van der Waals surface area contributed by atoms with Crippen molar-refractivity contribution in [2.45, 2.75) is 6.18 Å². The number of hydrogen-bond donors (Lipinski definition) is 1. The monoisotopic (exact) mass is 351 g/mol. The summed E-state index contributed by atoms with van der Waals surface area (Å²) in [6.07, 6.45) is -2.44. The molecule has 1 N–H and O–H groups in total. The molecule has 7 heteroatoms. The minimum atomic E-state index is -4.85. The summed E-state index contributed by atoms with van der Waals surface area (Å²) in [6, 6.07) is 9.49. The molecular formula is C18H16F4N2O. The Morgan fingerprint density at radius 2 is 1.72 bits per heavy atom. The Kier molecular flexibility index (Phi) is 5.46. The molecule has 0 aromatic heterocycles. The average Bonchev–Trinajstić information content (AvgIpc) is 2.54. The van der Waals surface area contributed by atoms with Crippen molar-refractivity contribution in [3.05, 3.63) is 71.7 Å². The number of halogens is 4. The van der Waals surface area contributed by atoms with E-state index in [1.165, 1.54) is 6.20 Å². The summed E-state index contributed by atoms with van der Waals surface area (Å²) < 4.78 is 51.2. The number of rotatable bonds is 5. The van der Waals surface area contributed by atoms with Gasteiger partial charge in [0.1, 0.15) is 5.82 Å². The zero-order valence-corrected chi connectivity index (χ0v) is 13.6. The predicted octanol–water partition coefficient (Wildman–Crippen LogP) is 4.72. The van der Waals surface area contributed by atoms with Crippen LogP contribution in [0.4, 0.5) is 28.9 Å². The van der Waals surface area contributed by atoms with Gasteiger partial charge in [0.05, 0.1) is 5.56 Å². The van der Waals surface area contributed by atoms with Gasteiger partial charge in [0.25, 0.3) is 0 Å². The van der Waals surface area contributed by atoms with Gasteiger partial charge in [-0.25, -0.2) is 4.39 Å². The van der Waals surface area contributed by atoms with Gasteiger partial charge in [-0.3, -0.25) is 4.79 Å². The Bertz CT molecular complexity index is 781. The molecule has 2 aromatic carbocycles. The van der Waals surface area contributed by atoms with Gasteiger partial charge >= 0.3 is 6.18 Å². The lowest BCUT2D eigenvalue weighted by molar-refractivity contribution is -0.140. The summed E-state index contributed by atoms with van der Waals surface area (Å²) >= 11 is 0. The molecule has 0 heterocycles. The van der Waals surface area contributed by atoms with Crippen molar-refractivity contribution >= 4 is 17.2 Å². The van der Waals surface area contributed by atoms with Gasteiger partial charge in [-0.15, -0.1) is 0 Å². The van der Waals surface area contributed by atoms with Gasteiger partial charge in [-0.2, -0.15) is 13.2 Å². The molecule has 0 radical (unpaired) electrons. The second kappa shape index (κ2) is 7.38. The SMILES string of the molecule is CN(C)c1ccc(NC=CC(=O)c2ccc([18F])c(C(F)(F)F)c2)cc1. The van der Waals surface area contributed by atoms with Crippen LogP contribution < -0.4 is 10.2 Å². The molecule has 25 heavy (non-hydrogen) atoms. The summed E-state index contributed by atoms with van der Waals surface area (Å²) in [7, 11) is 3.80. The average molecular weight is 351 g/mol. The van der Waals surface area contributed by atoms with E-state index in [1.54, 1.807) is 12.1 Å². The van der Waals surface area contributed by atoms with Crippen LogP contribution in [-0.4, -0.2) is 19.9 Å². The molecule has 0 aliphatic rings. The van der Waals surface area contributed by atoms with Gasteiger partial charge in [-0.05, 0) is 42.5 Å². The number of allylic oxidation sites excluding steroid dienone is 1. The van der Waals surface area contributed by atoms with E-state index in [-0.39, 0.29) is 5.56 Å². The lowest BCUT2D eigenvalue weighted by Crippen LogP contribution is -2.10. The van der Waals surface area contributed by atoms with E-state index in [9.17, 15) is 22.4 Å². The molecule has 2 rings (SSSR count). The predicted molar refractivity (Wildman–Crippen MR) is 89.3 cm³/mol. The Morgan fingerprint density at radius 3 is 2.28 bits per heavy atom. The molecule has 132 valence electrons. The van der Waals surface area contributed by atoms with Crippen LogP contribution in [0.15, 0.2) is 54.7 Å². The summed E-state index contributed by atoms with van der Waals surface area (Å²) in [5.41, 5.74) is 0.00930. The lowest BCUT2D eigenvalue weighted by Gasteiger charge is -2.12. The van der Waals surface area contributed by atoms with E-state index in [0.29, 0.717) is 17.8 Å². The molecule has 0 atom stereocenters. The topological polar surface area (TPSA) is 32.3 Å². The fourth-order valence-corrected chi connectivity index (χ4v) is 2.06. The molecule has 0 aliphatic heterocycles. The minimum Gasteiger partial charge on any atom is -0.378 e. The maximum absolute atomic E-state index is 13.2. The molecule has 0 unspecified atom stereocenters. The maximum Gasteiger partial charge on any atom is 0.419 e. The number of nitrogens with one attached hydrogen (secondary N) is 1. The number of nitrogens with zero attached hydrogens (tertiary/aromatic N) is 1. The zero-order chi connectivity index (χ0) is 18.6. The molecule has 0 spiro atoms. The molecule has 3 nitrogen and oxygen atoms in total. The van der Waals surface area contributed by atoms with Crippen molar-refractivity contribution in [3.8, 4) is 0 Å². The van der Waals surface area contributed by atoms with Crippen LogP contribution in [-0.2, 0) is 6.18 Å². The van der Waals surface area contributed by atoms with Crippen molar-refractivity contribution in [2.24, 2.45) is 0 Å². The van der Waals surface area contributed by atoms with Crippen LogP contribution in [0.5, 0.6) is 0 Å².